The van der Waals surface area contributed by atoms with Gasteiger partial charge in [-0.3, -0.25) is 0 Å². The van der Waals surface area contributed by atoms with Crippen LogP contribution in [0.2, 0.25) is 0 Å². The SMILES string of the molecule is CN1C=CC=C/C1=C/C=C1\C=NN=C1c1cccs1. The lowest BCUT2D eigenvalue weighted by molar-refractivity contribution is 0.584. The molecule has 19 heavy (non-hydrogen) atoms. The highest BCUT2D eigenvalue weighted by Gasteiger charge is 2.13. The van der Waals surface area contributed by atoms with E-state index in [4.69, 9.17) is 0 Å². The molecule has 3 heterocycles. The van der Waals surface area contributed by atoms with Crippen molar-refractivity contribution in [2.45, 2.75) is 0 Å². The average Bonchev–Trinajstić information content (AvgIpc) is 3.08. The lowest BCUT2D eigenvalue weighted by Gasteiger charge is -2.17. The van der Waals surface area contributed by atoms with Gasteiger partial charge in [0.1, 0.15) is 5.71 Å². The van der Waals surface area contributed by atoms with Gasteiger partial charge in [-0.1, -0.05) is 12.1 Å². The Balaban J connectivity index is 1.86. The maximum Gasteiger partial charge on any atom is 0.112 e. The Bertz CT molecular complexity index is 643. The molecule has 2 aliphatic heterocycles. The second-order valence-corrected chi connectivity index (χ2v) is 5.14. The molecule has 0 bridgehead atoms. The minimum absolute atomic E-state index is 0.949. The van der Waals surface area contributed by atoms with E-state index in [9.17, 15) is 0 Å². The van der Waals surface area contributed by atoms with Gasteiger partial charge in [-0.25, -0.2) is 0 Å². The molecule has 0 radical (unpaired) electrons. The second kappa shape index (κ2) is 5.20. The van der Waals surface area contributed by atoms with Crippen LogP contribution in [0.25, 0.3) is 0 Å². The largest absolute Gasteiger partial charge is 0.351 e. The first-order valence-corrected chi connectivity index (χ1v) is 6.87. The van der Waals surface area contributed by atoms with Crippen molar-refractivity contribution in [2.75, 3.05) is 7.05 Å². The van der Waals surface area contributed by atoms with Gasteiger partial charge in [-0.05, 0) is 35.8 Å². The fourth-order valence-electron chi connectivity index (χ4n) is 1.88. The number of rotatable bonds is 2. The van der Waals surface area contributed by atoms with Gasteiger partial charge in [-0.2, -0.15) is 5.10 Å². The predicted octanol–water partition coefficient (Wildman–Crippen LogP) is 3.36. The summed E-state index contributed by atoms with van der Waals surface area (Å²) in [5.41, 5.74) is 3.14. The second-order valence-electron chi connectivity index (χ2n) is 4.20. The van der Waals surface area contributed by atoms with Gasteiger partial charge in [0.25, 0.3) is 0 Å². The van der Waals surface area contributed by atoms with Gasteiger partial charge in [0.2, 0.25) is 0 Å². The van der Waals surface area contributed by atoms with E-state index in [-0.39, 0.29) is 0 Å². The Kier molecular flexibility index (Phi) is 3.25. The normalized spacial score (nSPS) is 21.7. The van der Waals surface area contributed by atoms with Gasteiger partial charge in [0.05, 0.1) is 11.1 Å². The topological polar surface area (TPSA) is 28.0 Å². The summed E-state index contributed by atoms with van der Waals surface area (Å²) in [4.78, 5) is 3.22. The molecule has 1 aromatic heterocycles. The van der Waals surface area contributed by atoms with Crippen LogP contribution in [-0.4, -0.2) is 23.9 Å². The first-order valence-electron chi connectivity index (χ1n) is 5.99. The molecule has 0 aromatic carbocycles. The summed E-state index contributed by atoms with van der Waals surface area (Å²) < 4.78 is 0. The highest BCUT2D eigenvalue weighted by molar-refractivity contribution is 7.12. The Morgan fingerprint density at radius 2 is 2.21 bits per heavy atom. The minimum Gasteiger partial charge on any atom is -0.351 e. The molecule has 1 aromatic rings. The summed E-state index contributed by atoms with van der Waals surface area (Å²) in [5, 5.41) is 10.3. The number of thiophene rings is 1. The zero-order chi connectivity index (χ0) is 13.1. The number of allylic oxidation sites excluding steroid dienone is 6. The summed E-state index contributed by atoms with van der Waals surface area (Å²) in [6.07, 6.45) is 14.1. The monoisotopic (exact) mass is 267 g/mol. The van der Waals surface area contributed by atoms with Crippen LogP contribution >= 0.6 is 11.3 Å². The van der Waals surface area contributed by atoms with Crippen LogP contribution in [0.1, 0.15) is 4.88 Å². The first kappa shape index (κ1) is 11.9. The van der Waals surface area contributed by atoms with Crippen LogP contribution in [0.4, 0.5) is 0 Å². The van der Waals surface area contributed by atoms with Crippen molar-refractivity contribution in [3.63, 3.8) is 0 Å². The molecule has 0 unspecified atom stereocenters. The summed E-state index contributed by atoms with van der Waals surface area (Å²) in [5.74, 6) is 0. The van der Waals surface area contributed by atoms with Crippen LogP contribution in [-0.2, 0) is 0 Å². The molecular formula is C15H13N3S. The Morgan fingerprint density at radius 3 is 3.00 bits per heavy atom. The van der Waals surface area contributed by atoms with E-state index in [2.05, 4.69) is 44.8 Å². The smallest absolute Gasteiger partial charge is 0.112 e. The molecule has 4 heteroatoms. The van der Waals surface area contributed by atoms with Crippen LogP contribution in [0.5, 0.6) is 0 Å². The van der Waals surface area contributed by atoms with Crippen molar-refractivity contribution < 1.29 is 0 Å². The van der Waals surface area contributed by atoms with Crippen molar-refractivity contribution in [2.24, 2.45) is 10.2 Å². The molecule has 0 fully saturated rings. The van der Waals surface area contributed by atoms with Crippen molar-refractivity contribution in [3.05, 3.63) is 70.2 Å². The lowest BCUT2D eigenvalue weighted by Crippen LogP contribution is -2.10. The summed E-state index contributed by atoms with van der Waals surface area (Å²) in [7, 11) is 2.03. The van der Waals surface area contributed by atoms with Crippen LogP contribution in [0, 0.1) is 0 Å². The van der Waals surface area contributed by atoms with Gasteiger partial charge in [0.15, 0.2) is 0 Å². The molecule has 0 amide bonds. The zero-order valence-electron chi connectivity index (χ0n) is 10.5. The van der Waals surface area contributed by atoms with Crippen molar-refractivity contribution >= 4 is 23.3 Å². The molecular weight excluding hydrogens is 254 g/mol. The molecule has 3 rings (SSSR count). The van der Waals surface area contributed by atoms with Gasteiger partial charge in [-0.15, -0.1) is 16.4 Å². The van der Waals surface area contributed by atoms with E-state index in [1.165, 1.54) is 0 Å². The summed E-state index contributed by atoms with van der Waals surface area (Å²) >= 11 is 1.68. The number of nitrogens with zero attached hydrogens (tertiary/aromatic N) is 3. The van der Waals surface area contributed by atoms with Gasteiger partial charge in [0, 0.05) is 24.5 Å². The third-order valence-electron chi connectivity index (χ3n) is 2.91. The fourth-order valence-corrected chi connectivity index (χ4v) is 2.61. The number of hydrogen-bond donors (Lipinski definition) is 0. The predicted molar refractivity (Wildman–Crippen MR) is 81.6 cm³/mol. The van der Waals surface area contributed by atoms with E-state index in [1.807, 2.05) is 31.5 Å². The van der Waals surface area contributed by atoms with Crippen molar-refractivity contribution in [1.82, 2.24) is 4.90 Å². The maximum atomic E-state index is 4.20. The molecule has 2 aliphatic rings. The fraction of sp³-hybridized carbons (Fsp3) is 0.0667. The van der Waals surface area contributed by atoms with E-state index in [0.717, 1.165) is 21.9 Å². The van der Waals surface area contributed by atoms with Gasteiger partial charge >= 0.3 is 0 Å². The molecule has 94 valence electrons. The van der Waals surface area contributed by atoms with Crippen molar-refractivity contribution in [1.29, 1.82) is 0 Å². The standard InChI is InChI=1S/C15H13N3S/c1-18-9-3-2-5-13(18)8-7-12-11-16-17-15(12)14-6-4-10-19-14/h2-11H,1H3/b12-7+,13-8-. The molecule has 3 nitrogen and oxygen atoms in total. The molecule has 0 saturated carbocycles. The van der Waals surface area contributed by atoms with E-state index in [1.54, 1.807) is 17.6 Å². The van der Waals surface area contributed by atoms with Crippen LogP contribution in [0.15, 0.2) is 75.6 Å². The molecule has 0 spiro atoms. The highest BCUT2D eigenvalue weighted by atomic mass is 32.1. The van der Waals surface area contributed by atoms with Crippen LogP contribution < -0.4 is 0 Å². The highest BCUT2D eigenvalue weighted by Crippen LogP contribution is 2.19. The Labute approximate surface area is 116 Å². The molecule has 0 saturated heterocycles. The van der Waals surface area contributed by atoms with Gasteiger partial charge < -0.3 is 4.90 Å². The van der Waals surface area contributed by atoms with Crippen molar-refractivity contribution in [3.8, 4) is 0 Å². The minimum atomic E-state index is 0.949. The third kappa shape index (κ3) is 2.48. The number of likely N-dealkylation sites (N-methyl/N-ethyl adjacent to an activating group) is 1. The average molecular weight is 267 g/mol. The Morgan fingerprint density at radius 1 is 1.26 bits per heavy atom. The van der Waals surface area contributed by atoms with E-state index in [0.29, 0.717) is 0 Å². The molecule has 0 N–H and O–H groups in total. The number of hydrogen-bond acceptors (Lipinski definition) is 4. The van der Waals surface area contributed by atoms with E-state index >= 15 is 0 Å². The summed E-state index contributed by atoms with van der Waals surface area (Å²) in [6.45, 7) is 0. The third-order valence-corrected chi connectivity index (χ3v) is 3.79. The Hall–Kier alpha value is -2.20. The molecule has 0 atom stereocenters. The quantitative estimate of drug-likeness (QED) is 0.807. The lowest BCUT2D eigenvalue weighted by atomic mass is 10.1. The molecule has 0 aliphatic carbocycles. The first-order chi connectivity index (χ1) is 9.34. The maximum absolute atomic E-state index is 4.20. The van der Waals surface area contributed by atoms with E-state index < -0.39 is 0 Å². The van der Waals surface area contributed by atoms with Crippen LogP contribution in [0.3, 0.4) is 0 Å². The summed E-state index contributed by atoms with van der Waals surface area (Å²) in [6, 6.07) is 4.09. The zero-order valence-corrected chi connectivity index (χ0v) is 11.3.